The van der Waals surface area contributed by atoms with Crippen molar-refractivity contribution in [2.24, 2.45) is 5.16 Å². The number of benzene rings is 2. The first kappa shape index (κ1) is 47.8. The molecule has 354 valence electrons. The van der Waals surface area contributed by atoms with E-state index in [2.05, 4.69) is 10.5 Å². The Morgan fingerprint density at radius 3 is 2.48 bits per heavy atom. The fourth-order valence-electron chi connectivity index (χ4n) is 9.52. The molecule has 4 aliphatic rings. The van der Waals surface area contributed by atoms with Gasteiger partial charge in [-0.3, -0.25) is 33.8 Å². The monoisotopic (exact) mass is 941 g/mol. The summed E-state index contributed by atoms with van der Waals surface area (Å²) in [6.07, 6.45) is 2.28. The van der Waals surface area contributed by atoms with Gasteiger partial charge in [0.05, 0.1) is 24.6 Å². The van der Waals surface area contributed by atoms with Crippen LogP contribution in [0.3, 0.4) is 0 Å². The van der Waals surface area contributed by atoms with Crippen LogP contribution >= 0.6 is 7.82 Å². The lowest BCUT2D eigenvalue weighted by Crippen LogP contribution is -2.52. The van der Waals surface area contributed by atoms with Crippen LogP contribution in [0, 0.1) is 18.6 Å². The van der Waals surface area contributed by atoms with Crippen LogP contribution in [-0.2, 0) is 46.9 Å². The summed E-state index contributed by atoms with van der Waals surface area (Å²) in [7, 11) is -5.21. The van der Waals surface area contributed by atoms with E-state index < -0.39 is 115 Å². The van der Waals surface area contributed by atoms with Crippen molar-refractivity contribution in [2.75, 3.05) is 19.9 Å². The Labute approximate surface area is 376 Å². The summed E-state index contributed by atoms with van der Waals surface area (Å²) in [6.45, 7) is 7.16. The molecule has 19 nitrogen and oxygen atoms in total. The molecular formula is C44H50F2N5O14P. The minimum absolute atomic E-state index is 0.0545. The van der Waals surface area contributed by atoms with E-state index in [1.54, 1.807) is 24.8 Å². The number of hydrogen-bond donors (Lipinski definition) is 4. The van der Waals surface area contributed by atoms with Gasteiger partial charge in [0, 0.05) is 60.9 Å². The number of nitrogens with zero attached hydrogens (tertiary/aromatic N) is 4. The Bertz CT molecular complexity index is 2650. The van der Waals surface area contributed by atoms with Gasteiger partial charge in [-0.25, -0.2) is 18.1 Å². The van der Waals surface area contributed by atoms with Gasteiger partial charge in [0.25, 0.3) is 11.8 Å². The highest BCUT2D eigenvalue weighted by atomic mass is 31.2. The number of ether oxygens (including phenoxy) is 2. The lowest BCUT2D eigenvalue weighted by Gasteiger charge is -2.42. The molecule has 7 rings (SSSR count). The molecule has 3 aromatic rings. The first-order valence-electron chi connectivity index (χ1n) is 21.2. The van der Waals surface area contributed by atoms with Crippen molar-refractivity contribution in [3.63, 3.8) is 0 Å². The minimum atomic E-state index is -5.21. The van der Waals surface area contributed by atoms with Gasteiger partial charge in [0.2, 0.25) is 23.9 Å². The molecule has 0 unspecified atom stereocenters. The van der Waals surface area contributed by atoms with Gasteiger partial charge in [-0.2, -0.15) is 0 Å². The predicted molar refractivity (Wildman–Crippen MR) is 228 cm³/mol. The van der Waals surface area contributed by atoms with Crippen LogP contribution in [0.25, 0.3) is 0 Å². The maximum absolute atomic E-state index is 14.5. The van der Waals surface area contributed by atoms with E-state index in [-0.39, 0.29) is 53.7 Å². The number of halogens is 2. The number of carbonyl (C=O) groups excluding carboxylic acids is 4. The zero-order valence-corrected chi connectivity index (χ0v) is 37.7. The molecule has 4 N–H and O–H groups in total. The Morgan fingerprint density at radius 2 is 1.82 bits per heavy atom. The third-order valence-corrected chi connectivity index (χ3v) is 13.0. The van der Waals surface area contributed by atoms with Crippen LogP contribution in [0.5, 0.6) is 11.5 Å². The molecule has 0 radical (unpaired) electrons. The number of hydrogen-bond acceptors (Lipinski definition) is 12. The molecule has 66 heavy (non-hydrogen) atoms. The second-order valence-corrected chi connectivity index (χ2v) is 19.0. The van der Waals surface area contributed by atoms with E-state index in [1.165, 1.54) is 35.6 Å². The van der Waals surface area contributed by atoms with Gasteiger partial charge in [0.15, 0.2) is 11.3 Å². The number of aryl methyl sites for hydroxylation is 1. The Balaban J connectivity index is 1.19. The number of phosphoric acid groups is 1. The molecule has 2 fully saturated rings. The first-order chi connectivity index (χ1) is 31.0. The average molecular weight is 942 g/mol. The normalized spacial score (nSPS) is 21.4. The number of carboxylic acids is 1. The summed E-state index contributed by atoms with van der Waals surface area (Å²) in [5.41, 5.74) is -2.94. The zero-order chi connectivity index (χ0) is 48.0. The number of pyridine rings is 1. The molecule has 22 heteroatoms. The molecular weight excluding hydrogens is 891 g/mol. The number of nitrogens with one attached hydrogen (secondary N) is 1. The maximum atomic E-state index is 14.5. The topological polar surface area (TPSA) is 253 Å². The summed E-state index contributed by atoms with van der Waals surface area (Å²) in [4.78, 5) is 110. The van der Waals surface area contributed by atoms with Gasteiger partial charge < -0.3 is 43.6 Å². The molecule has 0 aliphatic carbocycles. The highest BCUT2D eigenvalue weighted by Gasteiger charge is 2.54. The fourth-order valence-corrected chi connectivity index (χ4v) is 9.92. The molecule has 0 saturated carbocycles. The molecule has 1 spiro atoms. The molecule has 4 atom stereocenters. The Hall–Kier alpha value is -6.18. The van der Waals surface area contributed by atoms with E-state index >= 15 is 0 Å². The van der Waals surface area contributed by atoms with Crippen molar-refractivity contribution >= 4 is 43.2 Å². The van der Waals surface area contributed by atoms with Gasteiger partial charge in [-0.05, 0) is 69.7 Å². The van der Waals surface area contributed by atoms with Gasteiger partial charge >= 0.3 is 19.8 Å². The van der Waals surface area contributed by atoms with Crippen molar-refractivity contribution in [3.05, 3.63) is 91.9 Å². The van der Waals surface area contributed by atoms with Gasteiger partial charge in [-0.1, -0.05) is 31.1 Å². The van der Waals surface area contributed by atoms with Crippen LogP contribution in [-0.4, -0.2) is 102 Å². The molecule has 4 aliphatic heterocycles. The van der Waals surface area contributed by atoms with Crippen molar-refractivity contribution in [1.29, 1.82) is 0 Å². The number of fused-ring (bicyclic) bond motifs is 5. The number of phosphoric ester groups is 1. The molecule has 3 amide bonds. The lowest BCUT2D eigenvalue weighted by molar-refractivity contribution is -0.151. The summed E-state index contributed by atoms with van der Waals surface area (Å²) < 4.78 is 58.2. The number of amides is 3. The van der Waals surface area contributed by atoms with Gasteiger partial charge in [-0.15, -0.1) is 0 Å². The van der Waals surface area contributed by atoms with Crippen molar-refractivity contribution in [2.45, 2.75) is 115 Å². The van der Waals surface area contributed by atoms with Crippen LogP contribution in [0.4, 0.5) is 8.78 Å². The second-order valence-electron chi connectivity index (χ2n) is 17.9. The van der Waals surface area contributed by atoms with Crippen LogP contribution in [0.15, 0.2) is 46.5 Å². The number of carboxylic acid groups (broad SMARTS) is 1. The van der Waals surface area contributed by atoms with Crippen LogP contribution < -0.4 is 20.0 Å². The van der Waals surface area contributed by atoms with E-state index in [1.807, 2.05) is 6.92 Å². The standard InChI is InChI=1S/C44H50F2N5O14P/c1-23-13-27(15-34(52)49-12-6-7-31(49)42(57)58)36(32(14-23)64-66(59,60)61)43(4,5)18-35(53)62-22-63-39-37-41(56)50-21-33(44(11-10-25(50)3)17-24(2)48-65-44)51(37)20-29(38(39)54)40(55)47-19-26-8-9-28(45)16-30(26)46/h8-9,13-14,16,20,25,31,33H,6-7,10-12,15,17-19,21-22H2,1-5H3,(H,47,55)(H,57,58)(H2,59,60,61)/t25-,31+,33+,44-/m0/s1. The third-order valence-electron chi connectivity index (χ3n) is 12.6. The third kappa shape index (κ3) is 9.69. The fraction of sp³-hybridized carbons (Fsp3) is 0.477. The number of esters is 1. The van der Waals surface area contributed by atoms with E-state index in [0.29, 0.717) is 43.0 Å². The zero-order valence-electron chi connectivity index (χ0n) is 36.8. The molecule has 5 heterocycles. The molecule has 1 aromatic heterocycles. The number of aromatic nitrogens is 1. The minimum Gasteiger partial charge on any atom is -0.480 e. The number of carbonyl (C=O) groups is 5. The van der Waals surface area contributed by atoms with Crippen LogP contribution in [0.1, 0.15) is 115 Å². The Kier molecular flexibility index (Phi) is 13.2. The highest BCUT2D eigenvalue weighted by molar-refractivity contribution is 7.46. The maximum Gasteiger partial charge on any atom is 0.524 e. The largest absolute Gasteiger partial charge is 0.524 e. The summed E-state index contributed by atoms with van der Waals surface area (Å²) >= 11 is 0. The lowest BCUT2D eigenvalue weighted by atomic mass is 9.77. The quantitative estimate of drug-likeness (QED) is 0.0993. The number of oxime groups is 1. The first-order valence-corrected chi connectivity index (χ1v) is 22.8. The summed E-state index contributed by atoms with van der Waals surface area (Å²) in [5, 5.41) is 16.4. The van der Waals surface area contributed by atoms with Crippen molar-refractivity contribution in [3.8, 4) is 11.5 Å². The van der Waals surface area contributed by atoms with E-state index in [4.69, 9.17) is 18.8 Å². The molecule has 2 saturated heterocycles. The van der Waals surface area contributed by atoms with E-state index in [9.17, 15) is 57.0 Å². The Morgan fingerprint density at radius 1 is 1.08 bits per heavy atom. The predicted octanol–water partition coefficient (Wildman–Crippen LogP) is 4.42. The summed E-state index contributed by atoms with van der Waals surface area (Å²) in [5.74, 6) is -7.06. The molecule has 2 bridgehead atoms. The highest BCUT2D eigenvalue weighted by Crippen LogP contribution is 2.48. The number of aliphatic carboxylic acids is 1. The number of rotatable bonds is 14. The van der Waals surface area contributed by atoms with Crippen molar-refractivity contribution < 1.29 is 71.0 Å². The second kappa shape index (κ2) is 18.2. The smallest absolute Gasteiger partial charge is 0.480 e. The SMILES string of the molecule is CC1=NO[C@@]2(CC[C@H](C)N3C[C@H]2n2cc(C(=O)NCc4ccc(F)cc4F)c(=O)c(OCOC(=O)CC(C)(C)c4c(CC(=O)N5CCC[C@@H]5C(=O)O)cc(C)cc4OP(=O)(O)O)c2C3=O)C1. The number of likely N-dealkylation sites (tertiary alicyclic amines) is 1. The van der Waals surface area contributed by atoms with E-state index in [0.717, 1.165) is 12.1 Å². The average Bonchev–Trinajstić information content (AvgIpc) is 3.84. The van der Waals surface area contributed by atoms with Gasteiger partial charge in [0.1, 0.15) is 29.0 Å². The summed E-state index contributed by atoms with van der Waals surface area (Å²) in [6, 6.07) is 3.58. The molecule has 2 aromatic carbocycles. The van der Waals surface area contributed by atoms with Crippen LogP contribution in [0.2, 0.25) is 0 Å². The van der Waals surface area contributed by atoms with Crippen molar-refractivity contribution in [1.82, 2.24) is 19.7 Å².